The van der Waals surface area contributed by atoms with E-state index in [0.717, 1.165) is 17.3 Å². The first-order chi connectivity index (χ1) is 15.9. The fourth-order valence-corrected chi connectivity index (χ4v) is 5.67. The number of nitrogens with one attached hydrogen (secondary N) is 1. The monoisotopic (exact) mass is 564 g/mol. The molecule has 0 saturated heterocycles. The summed E-state index contributed by atoms with van der Waals surface area (Å²) in [6, 6.07) is 14.6. The van der Waals surface area contributed by atoms with Gasteiger partial charge in [0.2, 0.25) is 0 Å². The van der Waals surface area contributed by atoms with Crippen molar-refractivity contribution in [2.75, 3.05) is 6.61 Å². The summed E-state index contributed by atoms with van der Waals surface area (Å²) >= 11 is 12.4. The molecule has 1 amide bonds. The largest absolute Gasteiger partial charge is 0.513 e. The number of hydrogen-bond acceptors (Lipinski definition) is 7. The van der Waals surface area contributed by atoms with Crippen LogP contribution in [0.15, 0.2) is 79.5 Å². The predicted molar refractivity (Wildman–Crippen MR) is 132 cm³/mol. The van der Waals surface area contributed by atoms with E-state index in [0.29, 0.717) is 20.2 Å². The molecule has 1 atom stereocenters. The van der Waals surface area contributed by atoms with Crippen LogP contribution >= 0.6 is 50.6 Å². The average molecular weight is 566 g/mol. The second kappa shape index (κ2) is 10.3. The van der Waals surface area contributed by atoms with Crippen molar-refractivity contribution in [3.63, 3.8) is 0 Å². The van der Waals surface area contributed by atoms with E-state index in [2.05, 4.69) is 26.2 Å². The van der Waals surface area contributed by atoms with E-state index in [1.165, 1.54) is 11.3 Å². The molecule has 0 bridgehead atoms. The Morgan fingerprint density at radius 2 is 2.09 bits per heavy atom. The fourth-order valence-electron chi connectivity index (χ4n) is 3.44. The zero-order chi connectivity index (χ0) is 23.4. The summed E-state index contributed by atoms with van der Waals surface area (Å²) in [6.45, 7) is 1.83. The van der Waals surface area contributed by atoms with Gasteiger partial charge in [0.25, 0.3) is 5.91 Å². The van der Waals surface area contributed by atoms with Crippen molar-refractivity contribution in [2.45, 2.75) is 23.8 Å². The van der Waals surface area contributed by atoms with Gasteiger partial charge in [-0.25, -0.2) is 9.78 Å². The van der Waals surface area contributed by atoms with Crippen molar-refractivity contribution in [3.8, 4) is 0 Å². The van der Waals surface area contributed by atoms with E-state index in [4.69, 9.17) is 21.1 Å². The van der Waals surface area contributed by atoms with Gasteiger partial charge >= 0.3 is 6.16 Å². The summed E-state index contributed by atoms with van der Waals surface area (Å²) < 4.78 is 11.2. The molecule has 1 aliphatic heterocycles. The number of thiophene rings is 1. The van der Waals surface area contributed by atoms with Crippen LogP contribution in [0.5, 0.6) is 0 Å². The SMILES string of the molecule is CCOC(=O)OC1=C(Sc2ccccc2Cl)C(=O)NC(c2ccsc2)(c2cccc(Br)n2)C1. The molecule has 6 nitrogen and oxygen atoms in total. The molecule has 10 heteroatoms. The van der Waals surface area contributed by atoms with Gasteiger partial charge in [0.1, 0.15) is 20.8 Å². The van der Waals surface area contributed by atoms with Crippen molar-refractivity contribution in [1.29, 1.82) is 0 Å². The van der Waals surface area contributed by atoms with Gasteiger partial charge in [-0.1, -0.05) is 41.6 Å². The van der Waals surface area contributed by atoms with Crippen molar-refractivity contribution in [1.82, 2.24) is 10.3 Å². The molecule has 1 N–H and O–H groups in total. The molecular formula is C23H18BrClN2O4S2. The van der Waals surface area contributed by atoms with Crippen molar-refractivity contribution < 1.29 is 19.1 Å². The molecule has 1 aromatic carbocycles. The Labute approximate surface area is 212 Å². The highest BCUT2D eigenvalue weighted by molar-refractivity contribution is 9.10. The Bertz CT molecular complexity index is 1220. The molecule has 0 spiro atoms. The molecule has 0 saturated carbocycles. The maximum atomic E-state index is 13.5. The number of carbonyl (C=O) groups is 2. The third-order valence-electron chi connectivity index (χ3n) is 4.90. The van der Waals surface area contributed by atoms with Gasteiger partial charge in [-0.05, 0) is 69.5 Å². The number of amides is 1. The Balaban J connectivity index is 1.84. The summed E-state index contributed by atoms with van der Waals surface area (Å²) in [5.74, 6) is -0.214. The van der Waals surface area contributed by atoms with Crippen LogP contribution in [0.3, 0.4) is 0 Å². The number of hydrogen-bond donors (Lipinski definition) is 1. The van der Waals surface area contributed by atoms with Gasteiger partial charge in [-0.15, -0.1) is 0 Å². The number of aromatic nitrogens is 1. The summed E-state index contributed by atoms with van der Waals surface area (Å²) in [4.78, 5) is 31.3. The molecule has 0 aliphatic carbocycles. The molecule has 2 aromatic heterocycles. The summed E-state index contributed by atoms with van der Waals surface area (Å²) in [5, 5.41) is 7.48. The normalized spacial score (nSPS) is 18.1. The van der Waals surface area contributed by atoms with Gasteiger partial charge in [-0.2, -0.15) is 11.3 Å². The molecule has 3 aromatic rings. The third-order valence-corrected chi connectivity index (χ3v) is 7.66. The molecule has 3 heterocycles. The number of benzene rings is 1. The van der Waals surface area contributed by atoms with Crippen LogP contribution in [0.4, 0.5) is 4.79 Å². The second-order valence-electron chi connectivity index (χ2n) is 6.96. The Hall–Kier alpha value is -2.33. The number of thioether (sulfide) groups is 1. The molecule has 170 valence electrons. The van der Waals surface area contributed by atoms with Gasteiger partial charge in [0.15, 0.2) is 0 Å². The summed E-state index contributed by atoms with van der Waals surface area (Å²) in [7, 11) is 0. The van der Waals surface area contributed by atoms with Crippen LogP contribution in [-0.2, 0) is 19.8 Å². The van der Waals surface area contributed by atoms with Crippen LogP contribution in [0.25, 0.3) is 0 Å². The quantitative estimate of drug-likeness (QED) is 0.272. The van der Waals surface area contributed by atoms with Gasteiger partial charge in [0, 0.05) is 11.3 Å². The van der Waals surface area contributed by atoms with Crippen LogP contribution in [-0.4, -0.2) is 23.7 Å². The molecule has 4 rings (SSSR count). The van der Waals surface area contributed by atoms with Gasteiger partial charge in [0.05, 0.1) is 17.3 Å². The lowest BCUT2D eigenvalue weighted by Gasteiger charge is -2.38. The first-order valence-corrected chi connectivity index (χ1v) is 12.8. The van der Waals surface area contributed by atoms with Crippen molar-refractivity contribution in [2.24, 2.45) is 0 Å². The Kier molecular flexibility index (Phi) is 7.43. The number of carbonyl (C=O) groups excluding carboxylic acids is 2. The zero-order valence-corrected chi connectivity index (χ0v) is 21.3. The number of rotatable bonds is 6. The van der Waals surface area contributed by atoms with Gasteiger partial charge in [-0.3, -0.25) is 4.79 Å². The summed E-state index contributed by atoms with van der Waals surface area (Å²) in [6.07, 6.45) is -0.717. The van der Waals surface area contributed by atoms with Crippen molar-refractivity contribution >= 4 is 62.7 Å². The second-order valence-corrected chi connectivity index (χ2v) is 10.0. The standard InChI is InChI=1S/C23H18BrClN2O4S2/c1-2-30-22(29)31-16-12-23(14-10-11-32-13-14,18-8-5-9-19(24)26-18)27-21(28)20(16)33-17-7-4-3-6-15(17)25/h3-11,13H,2,12H2,1H3,(H,27,28). The van der Waals surface area contributed by atoms with E-state index in [1.807, 2.05) is 35.0 Å². The highest BCUT2D eigenvalue weighted by Gasteiger charge is 2.45. The van der Waals surface area contributed by atoms with Crippen LogP contribution < -0.4 is 5.32 Å². The lowest BCUT2D eigenvalue weighted by molar-refractivity contribution is -0.119. The van der Waals surface area contributed by atoms with E-state index < -0.39 is 17.6 Å². The number of nitrogens with zero attached hydrogens (tertiary/aromatic N) is 1. The van der Waals surface area contributed by atoms with E-state index in [9.17, 15) is 9.59 Å². The first-order valence-electron chi connectivity index (χ1n) is 9.91. The first kappa shape index (κ1) is 23.8. The van der Waals surface area contributed by atoms with E-state index in [1.54, 1.807) is 31.2 Å². The number of halogens is 2. The van der Waals surface area contributed by atoms with Crippen molar-refractivity contribution in [3.05, 3.63) is 90.8 Å². The van der Waals surface area contributed by atoms with E-state index >= 15 is 0 Å². The van der Waals surface area contributed by atoms with Crippen LogP contribution in [0, 0.1) is 0 Å². The third kappa shape index (κ3) is 5.11. The smallest absolute Gasteiger partial charge is 0.434 e. The Morgan fingerprint density at radius 1 is 1.27 bits per heavy atom. The average Bonchev–Trinajstić information content (AvgIpc) is 3.33. The lowest BCUT2D eigenvalue weighted by Crippen LogP contribution is -2.51. The minimum Gasteiger partial charge on any atom is -0.434 e. The van der Waals surface area contributed by atoms with Crippen LogP contribution in [0.1, 0.15) is 24.6 Å². The minimum absolute atomic E-state index is 0.147. The molecule has 0 fully saturated rings. The van der Waals surface area contributed by atoms with Crippen LogP contribution in [0.2, 0.25) is 5.02 Å². The highest BCUT2D eigenvalue weighted by Crippen LogP contribution is 2.45. The van der Waals surface area contributed by atoms with Gasteiger partial charge < -0.3 is 14.8 Å². The van der Waals surface area contributed by atoms with E-state index in [-0.39, 0.29) is 23.7 Å². The maximum Gasteiger partial charge on any atom is 0.513 e. The Morgan fingerprint density at radius 3 is 2.79 bits per heavy atom. The molecule has 0 radical (unpaired) electrons. The lowest BCUT2D eigenvalue weighted by atomic mass is 9.82. The number of pyridine rings is 1. The summed E-state index contributed by atoms with van der Waals surface area (Å²) in [5.41, 5.74) is 0.404. The fraction of sp³-hybridized carbons (Fsp3) is 0.174. The highest BCUT2D eigenvalue weighted by atomic mass is 79.9. The maximum absolute atomic E-state index is 13.5. The predicted octanol–water partition coefficient (Wildman–Crippen LogP) is 6.50. The number of ether oxygens (including phenoxy) is 2. The topological polar surface area (TPSA) is 77.5 Å². The molecule has 33 heavy (non-hydrogen) atoms. The molecular weight excluding hydrogens is 548 g/mol. The zero-order valence-electron chi connectivity index (χ0n) is 17.3. The minimum atomic E-state index is -1.03. The molecule has 1 unspecified atom stereocenters. The molecule has 1 aliphatic rings.